The Kier molecular flexibility index (Phi) is 7.55. The van der Waals surface area contributed by atoms with Gasteiger partial charge in [-0.3, -0.25) is 4.79 Å². The highest BCUT2D eigenvalue weighted by molar-refractivity contribution is 5.77. The van der Waals surface area contributed by atoms with Gasteiger partial charge in [0.05, 0.1) is 6.61 Å². The van der Waals surface area contributed by atoms with Crippen molar-refractivity contribution in [2.45, 2.75) is 76.7 Å². The minimum absolute atomic E-state index is 0.0536. The van der Waals surface area contributed by atoms with Crippen LogP contribution in [0, 0.1) is 11.8 Å². The van der Waals surface area contributed by atoms with Gasteiger partial charge in [-0.1, -0.05) is 18.0 Å². The van der Waals surface area contributed by atoms with Crippen molar-refractivity contribution in [1.82, 2.24) is 15.0 Å². The predicted octanol–water partition coefficient (Wildman–Crippen LogP) is 3.69. The number of likely N-dealkylation sites (tertiary alicyclic amines) is 1. The fraction of sp³-hybridized carbons (Fsp3) is 0.864. The summed E-state index contributed by atoms with van der Waals surface area (Å²) in [6, 6.07) is -0.0536. The molecule has 3 heterocycles. The molecule has 29 heavy (non-hydrogen) atoms. The first-order valence-electron chi connectivity index (χ1n) is 11.6. The molecule has 1 aliphatic carbocycles. The number of carbonyl (C=O) groups excluding carboxylic acids is 1. The van der Waals surface area contributed by atoms with Gasteiger partial charge < -0.3 is 18.9 Å². The average molecular weight is 406 g/mol. The quantitative estimate of drug-likeness (QED) is 0.614. The Labute approximate surface area is 173 Å². The summed E-state index contributed by atoms with van der Waals surface area (Å²) in [5.41, 5.74) is 0. The maximum atomic E-state index is 12.9. The topological polar surface area (TPSA) is 77.7 Å². The van der Waals surface area contributed by atoms with Crippen LogP contribution >= 0.6 is 0 Å². The summed E-state index contributed by atoms with van der Waals surface area (Å²) < 4.78 is 16.8. The Hall–Kier alpha value is -1.47. The first kappa shape index (κ1) is 20.8. The molecule has 1 saturated carbocycles. The van der Waals surface area contributed by atoms with Crippen LogP contribution in [0.25, 0.3) is 0 Å². The molecule has 162 valence electrons. The van der Waals surface area contributed by atoms with Crippen molar-refractivity contribution in [3.8, 4) is 0 Å². The van der Waals surface area contributed by atoms with Gasteiger partial charge in [0.1, 0.15) is 6.04 Å². The molecule has 4 rings (SSSR count). The molecular weight excluding hydrogens is 370 g/mol. The highest BCUT2D eigenvalue weighted by Gasteiger charge is 2.33. The lowest BCUT2D eigenvalue weighted by Gasteiger charge is -2.34. The molecule has 0 radical (unpaired) electrons. The molecule has 2 aliphatic heterocycles. The van der Waals surface area contributed by atoms with Crippen molar-refractivity contribution in [2.75, 3.05) is 33.0 Å². The van der Waals surface area contributed by atoms with E-state index in [2.05, 4.69) is 10.1 Å². The van der Waals surface area contributed by atoms with E-state index in [0.717, 1.165) is 58.5 Å². The smallest absolute Gasteiger partial charge is 0.249 e. The lowest BCUT2D eigenvalue weighted by molar-refractivity contribution is -0.136. The largest absolute Gasteiger partial charge is 0.381 e. The third-order valence-electron chi connectivity index (χ3n) is 6.69. The Morgan fingerprint density at radius 1 is 1.03 bits per heavy atom. The van der Waals surface area contributed by atoms with Crippen LogP contribution in [0.5, 0.6) is 0 Å². The monoisotopic (exact) mass is 405 g/mol. The third-order valence-corrected chi connectivity index (χ3v) is 6.69. The molecule has 0 bridgehead atoms. The molecule has 0 spiro atoms. The van der Waals surface area contributed by atoms with Crippen LogP contribution in [0.3, 0.4) is 0 Å². The first-order chi connectivity index (χ1) is 14.3. The highest BCUT2D eigenvalue weighted by atomic mass is 16.5. The molecule has 1 unspecified atom stereocenters. The van der Waals surface area contributed by atoms with E-state index < -0.39 is 0 Å². The van der Waals surface area contributed by atoms with Crippen molar-refractivity contribution < 1.29 is 18.8 Å². The number of nitrogens with zero attached hydrogens (tertiary/aromatic N) is 3. The SMILES string of the molecule is O=C(CC1CCCC1)N1CCCCC1c1nc(CCOCC2CCOCC2)no1. The number of ether oxygens (including phenoxy) is 2. The summed E-state index contributed by atoms with van der Waals surface area (Å²) in [6.45, 7) is 3.88. The molecule has 3 fully saturated rings. The molecular formula is C22H35N3O4. The van der Waals surface area contributed by atoms with E-state index in [4.69, 9.17) is 14.0 Å². The number of hydrogen-bond donors (Lipinski definition) is 0. The van der Waals surface area contributed by atoms with E-state index in [1.54, 1.807) is 0 Å². The van der Waals surface area contributed by atoms with Crippen LogP contribution in [0.4, 0.5) is 0 Å². The van der Waals surface area contributed by atoms with E-state index in [9.17, 15) is 4.79 Å². The normalized spacial score (nSPS) is 24.3. The van der Waals surface area contributed by atoms with Gasteiger partial charge in [-0.05, 0) is 56.8 Å². The van der Waals surface area contributed by atoms with Crippen molar-refractivity contribution in [3.05, 3.63) is 11.7 Å². The number of piperidine rings is 1. The van der Waals surface area contributed by atoms with Gasteiger partial charge in [0.25, 0.3) is 0 Å². The number of rotatable bonds is 8. The second-order valence-electron chi connectivity index (χ2n) is 8.88. The van der Waals surface area contributed by atoms with Crippen LogP contribution in [0.1, 0.15) is 82.0 Å². The Balaban J connectivity index is 1.26. The van der Waals surface area contributed by atoms with Gasteiger partial charge in [0.15, 0.2) is 5.82 Å². The van der Waals surface area contributed by atoms with Gasteiger partial charge in [-0.25, -0.2) is 0 Å². The molecule has 1 aromatic heterocycles. The third kappa shape index (κ3) is 5.79. The molecule has 7 nitrogen and oxygen atoms in total. The summed E-state index contributed by atoms with van der Waals surface area (Å²) in [6.07, 6.45) is 11.5. The second kappa shape index (κ2) is 10.5. The van der Waals surface area contributed by atoms with Crippen LogP contribution in [0.2, 0.25) is 0 Å². The average Bonchev–Trinajstić information content (AvgIpc) is 3.44. The molecule has 7 heteroatoms. The van der Waals surface area contributed by atoms with Gasteiger partial charge in [-0.15, -0.1) is 0 Å². The summed E-state index contributed by atoms with van der Waals surface area (Å²) in [5.74, 6) is 2.72. The Morgan fingerprint density at radius 3 is 2.66 bits per heavy atom. The molecule has 0 aromatic carbocycles. The molecule has 0 N–H and O–H groups in total. The second-order valence-corrected chi connectivity index (χ2v) is 8.88. The zero-order chi connectivity index (χ0) is 19.9. The minimum atomic E-state index is -0.0536. The van der Waals surface area contributed by atoms with Gasteiger partial charge in [0, 0.05) is 39.2 Å². The van der Waals surface area contributed by atoms with E-state index in [1.165, 1.54) is 25.7 Å². The van der Waals surface area contributed by atoms with Crippen molar-refractivity contribution >= 4 is 5.91 Å². The van der Waals surface area contributed by atoms with Crippen LogP contribution in [-0.2, 0) is 20.7 Å². The molecule has 1 atom stereocenters. The van der Waals surface area contributed by atoms with Crippen LogP contribution in [-0.4, -0.2) is 53.9 Å². The maximum absolute atomic E-state index is 12.9. The van der Waals surface area contributed by atoms with Gasteiger partial charge >= 0.3 is 0 Å². The summed E-state index contributed by atoms with van der Waals surface area (Å²) in [5, 5.41) is 4.15. The van der Waals surface area contributed by atoms with E-state index in [-0.39, 0.29) is 11.9 Å². The zero-order valence-corrected chi connectivity index (χ0v) is 17.5. The molecule has 1 aromatic rings. The highest BCUT2D eigenvalue weighted by Crippen LogP contribution is 2.33. The van der Waals surface area contributed by atoms with Crippen LogP contribution < -0.4 is 0 Å². The van der Waals surface area contributed by atoms with Gasteiger partial charge in [-0.2, -0.15) is 4.98 Å². The summed E-state index contributed by atoms with van der Waals surface area (Å²) in [4.78, 5) is 19.5. The predicted molar refractivity (Wildman–Crippen MR) is 107 cm³/mol. The van der Waals surface area contributed by atoms with E-state index in [1.807, 2.05) is 4.90 Å². The molecule has 2 saturated heterocycles. The summed E-state index contributed by atoms with van der Waals surface area (Å²) >= 11 is 0. The van der Waals surface area contributed by atoms with Crippen molar-refractivity contribution in [1.29, 1.82) is 0 Å². The number of hydrogen-bond acceptors (Lipinski definition) is 6. The number of amides is 1. The van der Waals surface area contributed by atoms with E-state index in [0.29, 0.717) is 43.0 Å². The van der Waals surface area contributed by atoms with Gasteiger partial charge in [0.2, 0.25) is 11.8 Å². The lowest BCUT2D eigenvalue weighted by atomic mass is 9.98. The van der Waals surface area contributed by atoms with Crippen LogP contribution in [0.15, 0.2) is 4.52 Å². The summed E-state index contributed by atoms with van der Waals surface area (Å²) in [7, 11) is 0. The Bertz CT molecular complexity index is 638. The Morgan fingerprint density at radius 2 is 1.83 bits per heavy atom. The van der Waals surface area contributed by atoms with E-state index >= 15 is 0 Å². The fourth-order valence-electron chi connectivity index (χ4n) is 4.90. The molecule has 3 aliphatic rings. The number of carbonyl (C=O) groups is 1. The maximum Gasteiger partial charge on any atom is 0.249 e. The minimum Gasteiger partial charge on any atom is -0.381 e. The van der Waals surface area contributed by atoms with Crippen molar-refractivity contribution in [3.63, 3.8) is 0 Å². The first-order valence-corrected chi connectivity index (χ1v) is 11.6. The van der Waals surface area contributed by atoms with Crippen molar-refractivity contribution in [2.24, 2.45) is 11.8 Å². The zero-order valence-electron chi connectivity index (χ0n) is 17.5. The fourth-order valence-corrected chi connectivity index (χ4v) is 4.90. The standard InChI is InChI=1S/C22H35N3O4/c26-21(15-17-5-1-2-6-17)25-11-4-3-7-19(25)22-23-20(24-29-22)10-14-28-16-18-8-12-27-13-9-18/h17-19H,1-16H2. The molecule has 1 amide bonds. The number of aromatic nitrogens is 2. The lowest BCUT2D eigenvalue weighted by Crippen LogP contribution is -2.39.